The molecule has 0 saturated heterocycles. The number of thiophene rings is 1. The van der Waals surface area contributed by atoms with Crippen molar-refractivity contribution in [1.82, 2.24) is 0 Å². The van der Waals surface area contributed by atoms with Gasteiger partial charge in [0, 0.05) is 26.9 Å². The van der Waals surface area contributed by atoms with Gasteiger partial charge in [0.2, 0.25) is 0 Å². The van der Waals surface area contributed by atoms with Crippen molar-refractivity contribution in [3.63, 3.8) is 0 Å². The molecular formula is C21H28Cl2NO4PS. The second-order valence-electron chi connectivity index (χ2n) is 7.97. The Morgan fingerprint density at radius 1 is 1.10 bits per heavy atom. The molecule has 0 fully saturated rings. The smallest absolute Gasteiger partial charge is 0.325 e. The van der Waals surface area contributed by atoms with E-state index in [1.54, 1.807) is 13.0 Å². The summed E-state index contributed by atoms with van der Waals surface area (Å²) in [6, 6.07) is 9.28. The molecule has 1 atom stereocenters. The summed E-state index contributed by atoms with van der Waals surface area (Å²) in [5.74, 6) is 0.132. The van der Waals surface area contributed by atoms with Crippen LogP contribution in [0.25, 0.3) is 0 Å². The minimum atomic E-state index is -4.04. The van der Waals surface area contributed by atoms with Crippen LogP contribution in [-0.2, 0) is 17.4 Å². The largest absolute Gasteiger partial charge is 0.325 e. The Kier molecular flexibility index (Phi) is 9.57. The number of halogens is 2. The van der Waals surface area contributed by atoms with Crippen molar-refractivity contribution in [2.75, 3.05) is 6.16 Å². The molecule has 5 nitrogen and oxygen atoms in total. The zero-order valence-corrected chi connectivity index (χ0v) is 20.2. The quantitative estimate of drug-likeness (QED) is 0.196. The molecule has 0 saturated carbocycles. The summed E-state index contributed by atoms with van der Waals surface area (Å²) in [5, 5.41) is 1.24. The molecule has 9 heteroatoms. The lowest BCUT2D eigenvalue weighted by atomic mass is 9.94. The third-order valence-electron chi connectivity index (χ3n) is 4.89. The van der Waals surface area contributed by atoms with E-state index in [1.807, 2.05) is 24.3 Å². The van der Waals surface area contributed by atoms with Crippen LogP contribution in [-0.4, -0.2) is 27.3 Å². The van der Waals surface area contributed by atoms with Gasteiger partial charge in [0.15, 0.2) is 5.78 Å². The van der Waals surface area contributed by atoms with Crippen LogP contribution in [0.5, 0.6) is 0 Å². The Bertz CT molecular complexity index is 890. The van der Waals surface area contributed by atoms with Gasteiger partial charge >= 0.3 is 7.60 Å². The standard InChI is InChI=1S/C21H28Cl2NO4PS/c1-21(24,10-11-29(26,27)28)9-8-18-6-7-20(30-18)19(25)5-3-2-4-15-12-16(22)14-17(23)13-15/h6-7,12-14H,2-5,8-11,24H2,1H3,(H2,26,27,28). The molecular weight excluding hydrogens is 464 g/mol. The Labute approximate surface area is 191 Å². The van der Waals surface area contributed by atoms with Crippen molar-refractivity contribution in [3.05, 3.63) is 55.7 Å². The molecule has 2 rings (SSSR count). The molecule has 0 bridgehead atoms. The van der Waals surface area contributed by atoms with E-state index in [9.17, 15) is 9.36 Å². The van der Waals surface area contributed by atoms with Gasteiger partial charge in [-0.05, 0) is 81.3 Å². The van der Waals surface area contributed by atoms with Gasteiger partial charge in [0.1, 0.15) is 0 Å². The molecule has 0 aliphatic carbocycles. The minimum absolute atomic E-state index is 0.132. The zero-order valence-electron chi connectivity index (χ0n) is 16.9. The first kappa shape index (κ1) is 25.5. The number of carbonyl (C=O) groups is 1. The molecule has 1 aromatic carbocycles. The van der Waals surface area contributed by atoms with Crippen LogP contribution >= 0.6 is 42.1 Å². The van der Waals surface area contributed by atoms with Crippen LogP contribution in [0.3, 0.4) is 0 Å². The third-order valence-corrected chi connectivity index (χ3v) is 7.32. The van der Waals surface area contributed by atoms with E-state index < -0.39 is 13.1 Å². The number of benzene rings is 1. The number of aryl methyl sites for hydroxylation is 2. The van der Waals surface area contributed by atoms with Gasteiger partial charge in [-0.1, -0.05) is 23.2 Å². The van der Waals surface area contributed by atoms with E-state index in [2.05, 4.69) is 0 Å². The molecule has 0 aliphatic heterocycles. The fourth-order valence-corrected chi connectivity index (χ4v) is 5.44. The van der Waals surface area contributed by atoms with Crippen LogP contribution in [0.4, 0.5) is 0 Å². The van der Waals surface area contributed by atoms with E-state index in [1.165, 1.54) is 11.3 Å². The average Bonchev–Trinajstić information content (AvgIpc) is 3.10. The Balaban J connectivity index is 1.75. The monoisotopic (exact) mass is 491 g/mol. The number of hydrogen-bond acceptors (Lipinski definition) is 4. The summed E-state index contributed by atoms with van der Waals surface area (Å²) in [6.07, 6.45) is 4.32. The average molecular weight is 492 g/mol. The van der Waals surface area contributed by atoms with Gasteiger partial charge in [0.25, 0.3) is 0 Å². The molecule has 0 amide bonds. The van der Waals surface area contributed by atoms with Gasteiger partial charge in [0.05, 0.1) is 11.0 Å². The fourth-order valence-electron chi connectivity index (χ4n) is 3.09. The summed E-state index contributed by atoms with van der Waals surface area (Å²) in [6.45, 7) is 1.80. The number of nitrogens with two attached hydrogens (primary N) is 1. The Hall–Kier alpha value is -0.720. The topological polar surface area (TPSA) is 101 Å². The number of ketones is 1. The van der Waals surface area contributed by atoms with Crippen molar-refractivity contribution < 1.29 is 19.1 Å². The lowest BCUT2D eigenvalue weighted by Crippen LogP contribution is -2.37. The molecule has 0 aliphatic rings. The minimum Gasteiger partial charge on any atom is -0.325 e. The van der Waals surface area contributed by atoms with Gasteiger partial charge in [-0.3, -0.25) is 9.36 Å². The maximum atomic E-state index is 12.4. The molecule has 1 aromatic heterocycles. The number of Topliss-reactive ketones (excluding diaryl/α,β-unsaturated/α-hetero) is 1. The van der Waals surface area contributed by atoms with E-state index in [0.717, 1.165) is 34.6 Å². The highest BCUT2D eigenvalue weighted by molar-refractivity contribution is 7.51. The first-order chi connectivity index (χ1) is 13.9. The lowest BCUT2D eigenvalue weighted by Gasteiger charge is -2.24. The van der Waals surface area contributed by atoms with Gasteiger partial charge in [-0.15, -0.1) is 11.3 Å². The number of unbranched alkanes of at least 4 members (excludes halogenated alkanes) is 1. The van der Waals surface area contributed by atoms with Crippen LogP contribution < -0.4 is 5.73 Å². The predicted octanol–water partition coefficient (Wildman–Crippen LogP) is 5.87. The van der Waals surface area contributed by atoms with Crippen molar-refractivity contribution in [1.29, 1.82) is 0 Å². The Morgan fingerprint density at radius 2 is 1.77 bits per heavy atom. The van der Waals surface area contributed by atoms with Crippen molar-refractivity contribution in [3.8, 4) is 0 Å². The highest BCUT2D eigenvalue weighted by Crippen LogP contribution is 2.37. The van der Waals surface area contributed by atoms with E-state index in [0.29, 0.717) is 29.3 Å². The molecule has 2 aromatic rings. The van der Waals surface area contributed by atoms with E-state index >= 15 is 0 Å². The maximum Gasteiger partial charge on any atom is 0.325 e. The van der Waals surface area contributed by atoms with E-state index in [4.69, 9.17) is 38.7 Å². The third kappa shape index (κ3) is 9.61. The highest BCUT2D eigenvalue weighted by atomic mass is 35.5. The first-order valence-electron chi connectivity index (χ1n) is 9.84. The molecule has 166 valence electrons. The summed E-state index contributed by atoms with van der Waals surface area (Å²) < 4.78 is 11.0. The second kappa shape index (κ2) is 11.2. The molecule has 0 radical (unpaired) electrons. The zero-order chi connectivity index (χ0) is 22.4. The highest BCUT2D eigenvalue weighted by Gasteiger charge is 2.24. The number of rotatable bonds is 12. The van der Waals surface area contributed by atoms with Crippen molar-refractivity contribution in [2.24, 2.45) is 5.73 Å². The van der Waals surface area contributed by atoms with Crippen LogP contribution in [0.1, 0.15) is 59.1 Å². The van der Waals surface area contributed by atoms with Crippen LogP contribution in [0, 0.1) is 0 Å². The van der Waals surface area contributed by atoms with Gasteiger partial charge in [-0.2, -0.15) is 0 Å². The van der Waals surface area contributed by atoms with Crippen LogP contribution in [0.2, 0.25) is 10.0 Å². The van der Waals surface area contributed by atoms with Crippen molar-refractivity contribution in [2.45, 2.75) is 57.4 Å². The summed E-state index contributed by atoms with van der Waals surface area (Å²) >= 11 is 13.5. The maximum absolute atomic E-state index is 12.4. The number of carbonyl (C=O) groups excluding carboxylic acids is 1. The first-order valence-corrected chi connectivity index (χ1v) is 13.2. The number of hydrogen-bond donors (Lipinski definition) is 3. The SMILES string of the molecule is CC(N)(CCc1ccc(C(=O)CCCCc2cc(Cl)cc(Cl)c2)s1)CCP(=O)(O)O. The van der Waals surface area contributed by atoms with Gasteiger partial charge < -0.3 is 15.5 Å². The molecule has 30 heavy (non-hydrogen) atoms. The summed E-state index contributed by atoms with van der Waals surface area (Å²) in [4.78, 5) is 32.3. The summed E-state index contributed by atoms with van der Waals surface area (Å²) in [7, 11) is -4.04. The lowest BCUT2D eigenvalue weighted by molar-refractivity contribution is 0.0983. The Morgan fingerprint density at radius 3 is 2.40 bits per heavy atom. The second-order valence-corrected chi connectivity index (χ2v) is 11.8. The molecule has 1 heterocycles. The summed E-state index contributed by atoms with van der Waals surface area (Å²) in [5.41, 5.74) is 6.58. The molecule has 4 N–H and O–H groups in total. The fraction of sp³-hybridized carbons (Fsp3) is 0.476. The normalized spacial score (nSPS) is 13.9. The van der Waals surface area contributed by atoms with Gasteiger partial charge in [-0.25, -0.2) is 0 Å². The van der Waals surface area contributed by atoms with Crippen molar-refractivity contribution >= 4 is 47.9 Å². The van der Waals surface area contributed by atoms with E-state index in [-0.39, 0.29) is 18.4 Å². The molecule has 0 spiro atoms. The molecule has 1 unspecified atom stereocenters. The predicted molar refractivity (Wildman–Crippen MR) is 125 cm³/mol. The van der Waals surface area contributed by atoms with Crippen LogP contribution in [0.15, 0.2) is 30.3 Å².